The fraction of sp³-hybridized carbons (Fsp3) is 0.294. The maximum atomic E-state index is 11.5. The number of hydrogen-bond donors (Lipinski definition) is 2. The minimum absolute atomic E-state index is 0.185. The third-order valence-corrected chi connectivity index (χ3v) is 4.78. The molecule has 1 aromatic carbocycles. The van der Waals surface area contributed by atoms with Gasteiger partial charge in [-0.2, -0.15) is 4.98 Å². The van der Waals surface area contributed by atoms with E-state index in [1.165, 1.54) is 18.3 Å². The van der Waals surface area contributed by atoms with Gasteiger partial charge in [-0.1, -0.05) is 20.8 Å². The normalized spacial score (nSPS) is 12.1. The Bertz CT molecular complexity index is 1070. The smallest absolute Gasteiger partial charge is 0.253 e. The Kier molecular flexibility index (Phi) is 4.60. The molecule has 0 aliphatic heterocycles. The van der Waals surface area contributed by atoms with Gasteiger partial charge in [-0.25, -0.2) is 13.4 Å². The zero-order valence-electron chi connectivity index (χ0n) is 15.4. The first-order valence-corrected chi connectivity index (χ1v) is 9.97. The highest BCUT2D eigenvalue weighted by Gasteiger charge is 2.23. The number of nitrogens with one attached hydrogen (secondary N) is 1. The van der Waals surface area contributed by atoms with Crippen LogP contribution >= 0.6 is 0 Å². The van der Waals surface area contributed by atoms with Crippen LogP contribution < -0.4 is 11.1 Å². The number of rotatable bonds is 4. The predicted octanol–water partition coefficient (Wildman–Crippen LogP) is 2.55. The van der Waals surface area contributed by atoms with Gasteiger partial charge in [0.1, 0.15) is 5.82 Å². The number of benzene rings is 1. The molecule has 0 saturated heterocycles. The second-order valence-corrected chi connectivity index (χ2v) is 9.09. The molecular formula is C17H20N6O3S. The predicted molar refractivity (Wildman–Crippen MR) is 101 cm³/mol. The van der Waals surface area contributed by atoms with Crippen LogP contribution in [0.4, 0.5) is 17.5 Å². The van der Waals surface area contributed by atoms with Gasteiger partial charge in [0, 0.05) is 23.6 Å². The number of nitrogens with zero attached hydrogens (tertiary/aromatic N) is 4. The minimum atomic E-state index is -3.25. The van der Waals surface area contributed by atoms with Crippen molar-refractivity contribution in [1.29, 1.82) is 0 Å². The third-order valence-electron chi connectivity index (χ3n) is 3.65. The minimum Gasteiger partial charge on any atom is -0.420 e. The van der Waals surface area contributed by atoms with E-state index in [1.54, 1.807) is 12.1 Å². The van der Waals surface area contributed by atoms with E-state index in [0.717, 1.165) is 6.26 Å². The molecule has 10 heteroatoms. The highest BCUT2D eigenvalue weighted by Crippen LogP contribution is 2.28. The van der Waals surface area contributed by atoms with E-state index in [2.05, 4.69) is 25.5 Å². The standard InChI is InChI=1S/C17H20N6O3S/c1-17(2,3)15-23-22-14(26-15)12-9-19-16(21-13(12)18)20-10-5-7-11(8-6-10)27(4,24)25/h5-9H,1-4H3,(H3,18,19,20,21). The molecule has 0 spiro atoms. The molecule has 3 N–H and O–H groups in total. The fourth-order valence-corrected chi connectivity index (χ4v) is 2.80. The van der Waals surface area contributed by atoms with Gasteiger partial charge in [0.25, 0.3) is 5.89 Å². The summed E-state index contributed by atoms with van der Waals surface area (Å²) in [5, 5.41) is 11.0. The lowest BCUT2D eigenvalue weighted by Gasteiger charge is -2.11. The average molecular weight is 388 g/mol. The molecule has 0 aliphatic carbocycles. The molecule has 2 aromatic heterocycles. The van der Waals surface area contributed by atoms with Gasteiger partial charge in [0.2, 0.25) is 11.8 Å². The average Bonchev–Trinajstić information content (AvgIpc) is 3.04. The van der Waals surface area contributed by atoms with Crippen LogP contribution in [0, 0.1) is 0 Å². The van der Waals surface area contributed by atoms with E-state index in [0.29, 0.717) is 17.1 Å². The van der Waals surface area contributed by atoms with Crippen LogP contribution in [0.1, 0.15) is 26.7 Å². The summed E-state index contributed by atoms with van der Waals surface area (Å²) in [6.45, 7) is 5.89. The van der Waals surface area contributed by atoms with Crippen molar-refractivity contribution in [1.82, 2.24) is 20.2 Å². The van der Waals surface area contributed by atoms with Crippen LogP contribution in [-0.4, -0.2) is 34.8 Å². The molecule has 0 amide bonds. The number of aromatic nitrogens is 4. The van der Waals surface area contributed by atoms with Crippen LogP contribution in [0.3, 0.4) is 0 Å². The summed E-state index contributed by atoms with van der Waals surface area (Å²) in [4.78, 5) is 8.63. The molecule has 27 heavy (non-hydrogen) atoms. The van der Waals surface area contributed by atoms with Crippen molar-refractivity contribution in [2.75, 3.05) is 17.3 Å². The Labute approximate surface area is 157 Å². The van der Waals surface area contributed by atoms with Crippen molar-refractivity contribution in [2.45, 2.75) is 31.1 Å². The zero-order chi connectivity index (χ0) is 19.8. The first kappa shape index (κ1) is 18.8. The van der Waals surface area contributed by atoms with Crippen LogP contribution in [0.25, 0.3) is 11.5 Å². The zero-order valence-corrected chi connectivity index (χ0v) is 16.2. The first-order chi connectivity index (χ1) is 12.5. The van der Waals surface area contributed by atoms with Crippen LogP contribution in [0.5, 0.6) is 0 Å². The second-order valence-electron chi connectivity index (χ2n) is 7.08. The molecule has 0 bridgehead atoms. The van der Waals surface area contributed by atoms with E-state index >= 15 is 0 Å². The van der Waals surface area contributed by atoms with Gasteiger partial charge < -0.3 is 15.5 Å². The van der Waals surface area contributed by atoms with Gasteiger partial charge >= 0.3 is 0 Å². The van der Waals surface area contributed by atoms with Crippen LogP contribution in [0.2, 0.25) is 0 Å². The Morgan fingerprint density at radius 2 is 1.78 bits per heavy atom. The Hall–Kier alpha value is -3.01. The summed E-state index contributed by atoms with van der Waals surface area (Å²) in [7, 11) is -3.25. The summed E-state index contributed by atoms with van der Waals surface area (Å²) in [6, 6.07) is 6.25. The third kappa shape index (κ3) is 4.22. The number of sulfone groups is 1. The molecule has 0 unspecified atom stereocenters. The molecular weight excluding hydrogens is 368 g/mol. The highest BCUT2D eigenvalue weighted by atomic mass is 32.2. The Morgan fingerprint density at radius 1 is 1.11 bits per heavy atom. The van der Waals surface area contributed by atoms with Crippen molar-refractivity contribution in [3.63, 3.8) is 0 Å². The molecule has 9 nitrogen and oxygen atoms in total. The summed E-state index contributed by atoms with van der Waals surface area (Å²) >= 11 is 0. The highest BCUT2D eigenvalue weighted by molar-refractivity contribution is 7.90. The lowest BCUT2D eigenvalue weighted by molar-refractivity contribution is 0.399. The molecule has 0 fully saturated rings. The Morgan fingerprint density at radius 3 is 2.30 bits per heavy atom. The van der Waals surface area contributed by atoms with Crippen LogP contribution in [-0.2, 0) is 15.3 Å². The SMILES string of the molecule is CC(C)(C)c1nnc(-c2cnc(Nc3ccc(S(C)(=O)=O)cc3)nc2N)o1. The molecule has 3 rings (SSSR count). The summed E-state index contributed by atoms with van der Waals surface area (Å²) < 4.78 is 28.7. The number of nitrogens with two attached hydrogens (primary N) is 1. The maximum absolute atomic E-state index is 11.5. The molecule has 0 atom stereocenters. The lowest BCUT2D eigenvalue weighted by Crippen LogP contribution is -2.11. The van der Waals surface area contributed by atoms with E-state index < -0.39 is 9.84 Å². The van der Waals surface area contributed by atoms with Gasteiger partial charge in [-0.15, -0.1) is 10.2 Å². The monoisotopic (exact) mass is 388 g/mol. The van der Waals surface area contributed by atoms with Crippen molar-refractivity contribution in [3.8, 4) is 11.5 Å². The molecule has 142 valence electrons. The topological polar surface area (TPSA) is 137 Å². The van der Waals surface area contributed by atoms with E-state index in [4.69, 9.17) is 10.2 Å². The molecule has 3 aromatic rings. The molecule has 0 radical (unpaired) electrons. The van der Waals surface area contributed by atoms with Crippen molar-refractivity contribution in [3.05, 3.63) is 36.4 Å². The fourth-order valence-electron chi connectivity index (χ4n) is 2.17. The van der Waals surface area contributed by atoms with Crippen LogP contribution in [0.15, 0.2) is 39.8 Å². The van der Waals surface area contributed by atoms with E-state index in [-0.39, 0.29) is 28.0 Å². The summed E-state index contributed by atoms with van der Waals surface area (Å²) in [5.74, 6) is 1.19. The molecule has 2 heterocycles. The summed E-state index contributed by atoms with van der Waals surface area (Å²) in [5.41, 5.74) is 6.80. The van der Waals surface area contributed by atoms with Gasteiger partial charge in [-0.05, 0) is 24.3 Å². The van der Waals surface area contributed by atoms with Gasteiger partial charge in [-0.3, -0.25) is 0 Å². The summed E-state index contributed by atoms with van der Waals surface area (Å²) in [6.07, 6.45) is 2.65. The molecule has 0 aliphatic rings. The van der Waals surface area contributed by atoms with E-state index in [9.17, 15) is 8.42 Å². The number of anilines is 3. The second kappa shape index (κ2) is 6.62. The molecule has 0 saturated carbocycles. The van der Waals surface area contributed by atoms with Gasteiger partial charge in [0.15, 0.2) is 9.84 Å². The number of hydrogen-bond acceptors (Lipinski definition) is 9. The van der Waals surface area contributed by atoms with E-state index in [1.807, 2.05) is 20.8 Å². The van der Waals surface area contributed by atoms with Crippen molar-refractivity contribution < 1.29 is 12.8 Å². The van der Waals surface area contributed by atoms with Crippen molar-refractivity contribution in [2.24, 2.45) is 0 Å². The van der Waals surface area contributed by atoms with Crippen molar-refractivity contribution >= 4 is 27.3 Å². The Balaban J connectivity index is 1.82. The maximum Gasteiger partial charge on any atom is 0.253 e. The quantitative estimate of drug-likeness (QED) is 0.690. The largest absolute Gasteiger partial charge is 0.420 e. The van der Waals surface area contributed by atoms with Gasteiger partial charge in [0.05, 0.1) is 10.5 Å². The lowest BCUT2D eigenvalue weighted by atomic mass is 9.97. The first-order valence-electron chi connectivity index (χ1n) is 8.08. The number of nitrogen functional groups attached to an aromatic ring is 1.